The number of esters is 1. The van der Waals surface area contributed by atoms with Crippen molar-refractivity contribution in [2.45, 2.75) is 76.5 Å². The van der Waals surface area contributed by atoms with Gasteiger partial charge in [0.05, 0.1) is 11.6 Å². The van der Waals surface area contributed by atoms with E-state index in [2.05, 4.69) is 4.98 Å². The van der Waals surface area contributed by atoms with Gasteiger partial charge in [-0.3, -0.25) is 4.79 Å². The van der Waals surface area contributed by atoms with Gasteiger partial charge < -0.3 is 19.1 Å². The molecule has 0 aliphatic carbocycles. The number of aryl methyl sites for hydroxylation is 1. The molecule has 3 heterocycles. The molecule has 3 aromatic rings. The van der Waals surface area contributed by atoms with Gasteiger partial charge in [0.25, 0.3) is 0 Å². The van der Waals surface area contributed by atoms with Gasteiger partial charge >= 0.3 is 12.1 Å². The van der Waals surface area contributed by atoms with Gasteiger partial charge in [0.15, 0.2) is 0 Å². The van der Waals surface area contributed by atoms with E-state index in [4.69, 9.17) is 37.4 Å². The molecule has 0 bridgehead atoms. The molecule has 248 valence electrons. The van der Waals surface area contributed by atoms with Gasteiger partial charge in [0, 0.05) is 41.3 Å². The maximum atomic E-state index is 13.9. The highest BCUT2D eigenvalue weighted by atomic mass is 35.5. The molecule has 2 aromatic carbocycles. The number of likely N-dealkylation sites (tertiary alicyclic amines) is 1. The summed E-state index contributed by atoms with van der Waals surface area (Å²) in [4.78, 5) is 31.6. The summed E-state index contributed by atoms with van der Waals surface area (Å²) in [5.74, 6) is -0.0225. The van der Waals surface area contributed by atoms with Crippen LogP contribution in [0.1, 0.15) is 57.7 Å². The van der Waals surface area contributed by atoms with E-state index in [1.807, 2.05) is 52.0 Å². The summed E-state index contributed by atoms with van der Waals surface area (Å²) in [6.07, 6.45) is 1.79. The lowest BCUT2D eigenvalue weighted by Crippen LogP contribution is -2.44. The third-order valence-corrected chi connectivity index (χ3v) is 11.0. The number of amides is 1. The molecule has 1 atom stereocenters. The van der Waals surface area contributed by atoms with Gasteiger partial charge in [-0.25, -0.2) is 18.2 Å². The number of carbonyl (C=O) groups excluding carboxylic acids is 2. The van der Waals surface area contributed by atoms with Crippen molar-refractivity contribution in [2.24, 2.45) is 5.92 Å². The Balaban J connectivity index is 1.24. The maximum absolute atomic E-state index is 13.9. The Bertz CT molecular complexity index is 1720. The Morgan fingerprint density at radius 1 is 1.00 bits per heavy atom. The molecule has 13 heteroatoms. The number of carbonyl (C=O) groups is 2. The molecule has 46 heavy (non-hydrogen) atoms. The molecule has 2 aliphatic rings. The Morgan fingerprint density at radius 3 is 2.46 bits per heavy atom. The van der Waals surface area contributed by atoms with Crippen LogP contribution in [0.2, 0.25) is 10.0 Å². The first kappa shape index (κ1) is 34.2. The second-order valence-electron chi connectivity index (χ2n) is 12.7. The fraction of sp³-hybridized carbons (Fsp3) is 0.485. The van der Waals surface area contributed by atoms with E-state index >= 15 is 0 Å². The molecule has 0 spiro atoms. The van der Waals surface area contributed by atoms with Crippen molar-refractivity contribution in [2.75, 3.05) is 26.2 Å². The molecule has 10 nitrogen and oxygen atoms in total. The topological polar surface area (TPSA) is 115 Å². The van der Waals surface area contributed by atoms with Crippen LogP contribution < -0.4 is 4.74 Å². The average molecular weight is 693 g/mol. The van der Waals surface area contributed by atoms with Gasteiger partial charge in [0.2, 0.25) is 10.0 Å². The van der Waals surface area contributed by atoms with Crippen molar-refractivity contribution in [1.29, 1.82) is 0 Å². The van der Waals surface area contributed by atoms with Crippen molar-refractivity contribution >= 4 is 56.2 Å². The van der Waals surface area contributed by atoms with Crippen LogP contribution in [0.3, 0.4) is 0 Å². The summed E-state index contributed by atoms with van der Waals surface area (Å²) in [5, 5.41) is 1.09. The number of fused-ring (bicyclic) bond motifs is 1. The van der Waals surface area contributed by atoms with Crippen molar-refractivity contribution < 1.29 is 32.2 Å². The van der Waals surface area contributed by atoms with Crippen LogP contribution in [0, 0.1) is 12.8 Å². The first-order valence-electron chi connectivity index (χ1n) is 15.4. The number of hydrogen-bond donors (Lipinski definition) is 0. The highest BCUT2D eigenvalue weighted by Crippen LogP contribution is 2.37. The van der Waals surface area contributed by atoms with Crippen LogP contribution in [0.25, 0.3) is 10.9 Å². The number of hydrogen-bond acceptors (Lipinski definition) is 8. The third-order valence-electron chi connectivity index (χ3n) is 8.13. The number of sulfonamides is 1. The Hall–Kier alpha value is -3.12. The predicted molar refractivity (Wildman–Crippen MR) is 176 cm³/mol. The minimum absolute atomic E-state index is 0.0585. The highest BCUT2D eigenvalue weighted by Gasteiger charge is 2.42. The van der Waals surface area contributed by atoms with Crippen molar-refractivity contribution in [3.8, 4) is 5.75 Å². The van der Waals surface area contributed by atoms with Crippen LogP contribution in [0.5, 0.6) is 5.75 Å². The van der Waals surface area contributed by atoms with Gasteiger partial charge in [-0.15, -0.1) is 0 Å². The molecule has 2 saturated heterocycles. The lowest BCUT2D eigenvalue weighted by atomic mass is 9.98. The standard InChI is InChI=1S/C33H39Cl2N3O7S/c1-21-10-11-23-7-5-9-27(30(23)36-21)43-20-24-25(34)12-13-28(29(24)35)46(41,42)38-16-6-8-26(38)31(39)44-19-22-14-17-37(18-15-22)32(40)45-33(2,3)4/h5,7,9-13,22,26H,6,8,14-20H2,1-4H3/t26-/m0/s1. The van der Waals surface area contributed by atoms with Crippen molar-refractivity contribution in [3.63, 3.8) is 0 Å². The number of benzene rings is 2. The van der Waals surface area contributed by atoms with E-state index in [0.29, 0.717) is 55.6 Å². The normalized spacial score (nSPS) is 18.1. The molecule has 1 amide bonds. The highest BCUT2D eigenvalue weighted by molar-refractivity contribution is 7.89. The van der Waals surface area contributed by atoms with E-state index in [1.165, 1.54) is 12.1 Å². The fourth-order valence-electron chi connectivity index (χ4n) is 5.69. The van der Waals surface area contributed by atoms with Crippen LogP contribution in [0.15, 0.2) is 47.4 Å². The summed E-state index contributed by atoms with van der Waals surface area (Å²) in [6, 6.07) is 11.3. The van der Waals surface area contributed by atoms with Gasteiger partial charge in [-0.2, -0.15) is 4.31 Å². The number of aromatic nitrogens is 1. The number of piperidine rings is 1. The minimum Gasteiger partial charge on any atom is -0.487 e. The smallest absolute Gasteiger partial charge is 0.410 e. The van der Waals surface area contributed by atoms with Crippen LogP contribution in [-0.2, 0) is 30.9 Å². The maximum Gasteiger partial charge on any atom is 0.410 e. The SMILES string of the molecule is Cc1ccc2cccc(OCc3c(Cl)ccc(S(=O)(=O)N4CCC[C@H]4C(=O)OCC4CCN(C(=O)OC(C)(C)C)CC4)c3Cl)c2n1. The van der Waals surface area contributed by atoms with E-state index in [0.717, 1.165) is 15.4 Å². The number of para-hydroxylation sites is 1. The summed E-state index contributed by atoms with van der Waals surface area (Å²) < 4.78 is 46.2. The number of halogens is 2. The lowest BCUT2D eigenvalue weighted by molar-refractivity contribution is -0.149. The zero-order valence-electron chi connectivity index (χ0n) is 26.4. The van der Waals surface area contributed by atoms with Gasteiger partial charge in [-0.1, -0.05) is 41.4 Å². The van der Waals surface area contributed by atoms with E-state index in [9.17, 15) is 18.0 Å². The molecule has 0 radical (unpaired) electrons. The summed E-state index contributed by atoms with van der Waals surface area (Å²) in [6.45, 7) is 8.57. The molecule has 2 aliphatic heterocycles. The van der Waals surface area contributed by atoms with E-state index in [-0.39, 0.29) is 46.7 Å². The number of rotatable bonds is 8. The molecule has 5 rings (SSSR count). The molecule has 0 saturated carbocycles. The van der Waals surface area contributed by atoms with E-state index in [1.54, 1.807) is 11.0 Å². The average Bonchev–Trinajstić information content (AvgIpc) is 3.51. The largest absolute Gasteiger partial charge is 0.487 e. The Kier molecular flexibility index (Phi) is 10.4. The first-order valence-corrected chi connectivity index (χ1v) is 17.6. The molecule has 0 N–H and O–H groups in total. The Morgan fingerprint density at radius 2 is 1.74 bits per heavy atom. The quantitative estimate of drug-likeness (QED) is 0.238. The minimum atomic E-state index is -4.19. The summed E-state index contributed by atoms with van der Waals surface area (Å²) in [7, 11) is -4.19. The van der Waals surface area contributed by atoms with Crippen LogP contribution in [-0.4, -0.2) is 72.6 Å². The first-order chi connectivity index (χ1) is 21.7. The summed E-state index contributed by atoms with van der Waals surface area (Å²) in [5.41, 5.74) is 1.24. The van der Waals surface area contributed by atoms with E-state index < -0.39 is 27.6 Å². The molecule has 2 fully saturated rings. The number of nitrogens with zero attached hydrogens (tertiary/aromatic N) is 3. The van der Waals surface area contributed by atoms with Gasteiger partial charge in [-0.05, 0) is 83.6 Å². The third kappa shape index (κ3) is 7.70. The second-order valence-corrected chi connectivity index (χ2v) is 15.4. The van der Waals surface area contributed by atoms with Crippen LogP contribution in [0.4, 0.5) is 4.79 Å². The lowest BCUT2D eigenvalue weighted by Gasteiger charge is -2.33. The molecule has 1 aromatic heterocycles. The van der Waals surface area contributed by atoms with Crippen molar-refractivity contribution in [1.82, 2.24) is 14.2 Å². The molecular formula is C33H39Cl2N3O7S. The van der Waals surface area contributed by atoms with Crippen LogP contribution >= 0.6 is 23.2 Å². The monoisotopic (exact) mass is 691 g/mol. The molecule has 0 unspecified atom stereocenters. The fourth-order valence-corrected chi connectivity index (χ4v) is 8.20. The molecular weight excluding hydrogens is 653 g/mol. The zero-order chi connectivity index (χ0) is 33.2. The van der Waals surface area contributed by atoms with Crippen molar-refractivity contribution in [3.05, 3.63) is 63.8 Å². The zero-order valence-corrected chi connectivity index (χ0v) is 28.8. The summed E-state index contributed by atoms with van der Waals surface area (Å²) >= 11 is 13.2. The van der Waals surface area contributed by atoms with Gasteiger partial charge in [0.1, 0.15) is 34.4 Å². The predicted octanol–water partition coefficient (Wildman–Crippen LogP) is 6.77. The second kappa shape index (κ2) is 13.9. The Labute approximate surface area is 279 Å². The number of pyridine rings is 1. The number of ether oxygens (including phenoxy) is 3.